The number of anilines is 1. The third-order valence-corrected chi connectivity index (χ3v) is 4.17. The predicted octanol–water partition coefficient (Wildman–Crippen LogP) is 2.60. The molecule has 5 nitrogen and oxygen atoms in total. The summed E-state index contributed by atoms with van der Waals surface area (Å²) in [5.41, 5.74) is 1.63. The Balaban J connectivity index is 2.05. The number of rotatable bonds is 6. The molecule has 5 heteroatoms. The molecule has 1 aliphatic rings. The molecule has 0 aliphatic carbocycles. The van der Waals surface area contributed by atoms with E-state index < -0.39 is 0 Å². The lowest BCUT2D eigenvalue weighted by molar-refractivity contribution is 0.0184. The summed E-state index contributed by atoms with van der Waals surface area (Å²) in [7, 11) is 0. The average molecular weight is 302 g/mol. The van der Waals surface area contributed by atoms with Crippen LogP contribution in [0.15, 0.2) is 12.1 Å². The summed E-state index contributed by atoms with van der Waals surface area (Å²) in [5, 5.41) is 12.7. The van der Waals surface area contributed by atoms with Gasteiger partial charge in [-0.2, -0.15) is 5.26 Å². The number of hydrogen-bond donors (Lipinski definition) is 1. The normalized spacial score (nSPS) is 17.2. The van der Waals surface area contributed by atoms with Gasteiger partial charge in [0.15, 0.2) is 0 Å². The fourth-order valence-electron chi connectivity index (χ4n) is 2.71. The molecule has 1 aliphatic heterocycles. The lowest BCUT2D eigenvalue weighted by atomic mass is 10.1. The molecular formula is C17H26N4O. The van der Waals surface area contributed by atoms with Crippen molar-refractivity contribution in [3.8, 4) is 6.07 Å². The van der Waals surface area contributed by atoms with E-state index in [1.807, 2.05) is 12.1 Å². The fourth-order valence-corrected chi connectivity index (χ4v) is 2.71. The van der Waals surface area contributed by atoms with Gasteiger partial charge in [-0.05, 0) is 24.5 Å². The smallest absolute Gasteiger partial charge is 0.144 e. The Bertz CT molecular complexity index is 518. The highest BCUT2D eigenvalue weighted by atomic mass is 16.5. The zero-order valence-electron chi connectivity index (χ0n) is 13.8. The summed E-state index contributed by atoms with van der Waals surface area (Å²) in [6.07, 6.45) is 1.07. The van der Waals surface area contributed by atoms with E-state index >= 15 is 0 Å². The lowest BCUT2D eigenvalue weighted by Crippen LogP contribution is -2.46. The Morgan fingerprint density at radius 3 is 2.68 bits per heavy atom. The summed E-state index contributed by atoms with van der Waals surface area (Å²) in [5.74, 6) is 1.06. The fraction of sp³-hybridized carbons (Fsp3) is 0.647. The van der Waals surface area contributed by atoms with Gasteiger partial charge in [0, 0.05) is 31.4 Å². The van der Waals surface area contributed by atoms with Crippen LogP contribution in [0.1, 0.15) is 44.4 Å². The second kappa shape index (κ2) is 8.11. The first-order valence-electron chi connectivity index (χ1n) is 8.12. The van der Waals surface area contributed by atoms with Crippen molar-refractivity contribution in [3.05, 3.63) is 23.4 Å². The maximum Gasteiger partial charge on any atom is 0.144 e. The molecule has 1 aromatic rings. The highest BCUT2D eigenvalue weighted by Crippen LogP contribution is 2.19. The Kier molecular flexibility index (Phi) is 6.17. The summed E-state index contributed by atoms with van der Waals surface area (Å²) in [4.78, 5) is 7.07. The van der Waals surface area contributed by atoms with Gasteiger partial charge >= 0.3 is 0 Å². The van der Waals surface area contributed by atoms with E-state index in [1.165, 1.54) is 0 Å². The number of ether oxygens (including phenoxy) is 1. The van der Waals surface area contributed by atoms with Gasteiger partial charge < -0.3 is 10.1 Å². The van der Waals surface area contributed by atoms with Crippen molar-refractivity contribution >= 4 is 5.82 Å². The van der Waals surface area contributed by atoms with E-state index in [4.69, 9.17) is 4.74 Å². The van der Waals surface area contributed by atoms with Gasteiger partial charge in [-0.25, -0.2) is 4.98 Å². The molecule has 1 fully saturated rings. The summed E-state index contributed by atoms with van der Waals surface area (Å²) in [6, 6.07) is 6.47. The first-order valence-corrected chi connectivity index (χ1v) is 8.12. The number of nitrogens with zero attached hydrogens (tertiary/aromatic N) is 3. The molecule has 120 valence electrons. The molecule has 1 aromatic heterocycles. The maximum atomic E-state index is 9.26. The zero-order valence-corrected chi connectivity index (χ0v) is 13.8. The average Bonchev–Trinajstić information content (AvgIpc) is 2.56. The van der Waals surface area contributed by atoms with Gasteiger partial charge in [-0.1, -0.05) is 20.8 Å². The van der Waals surface area contributed by atoms with Gasteiger partial charge in [0.2, 0.25) is 0 Å². The Hall–Kier alpha value is -1.64. The number of pyridine rings is 1. The summed E-state index contributed by atoms with van der Waals surface area (Å²) >= 11 is 0. The van der Waals surface area contributed by atoms with Gasteiger partial charge in [0.1, 0.15) is 11.9 Å². The van der Waals surface area contributed by atoms with Crippen LogP contribution in [0.2, 0.25) is 0 Å². The molecule has 1 saturated heterocycles. The van der Waals surface area contributed by atoms with E-state index in [1.54, 1.807) is 0 Å². The molecule has 0 saturated carbocycles. The number of hydrogen-bond acceptors (Lipinski definition) is 5. The molecule has 0 unspecified atom stereocenters. The quantitative estimate of drug-likeness (QED) is 0.875. The van der Waals surface area contributed by atoms with E-state index in [2.05, 4.69) is 42.0 Å². The van der Waals surface area contributed by atoms with Crippen molar-refractivity contribution in [3.63, 3.8) is 0 Å². The number of aromatic nitrogens is 1. The third kappa shape index (κ3) is 4.19. The minimum atomic E-state index is 0.356. The van der Waals surface area contributed by atoms with Crippen molar-refractivity contribution in [1.82, 2.24) is 9.88 Å². The Morgan fingerprint density at radius 2 is 2.09 bits per heavy atom. The predicted molar refractivity (Wildman–Crippen MR) is 88.0 cm³/mol. The second-order valence-electron chi connectivity index (χ2n) is 5.99. The molecule has 2 heterocycles. The molecule has 0 radical (unpaired) electrons. The highest BCUT2D eigenvalue weighted by Gasteiger charge is 2.20. The minimum absolute atomic E-state index is 0.356. The van der Waals surface area contributed by atoms with Crippen LogP contribution in [0.3, 0.4) is 0 Å². The van der Waals surface area contributed by atoms with Crippen molar-refractivity contribution in [2.45, 2.75) is 39.2 Å². The zero-order chi connectivity index (χ0) is 15.9. The summed E-state index contributed by atoms with van der Waals surface area (Å²) in [6.45, 7) is 10.8. The molecule has 0 bridgehead atoms. The first-order chi connectivity index (χ1) is 10.7. The van der Waals surface area contributed by atoms with E-state index in [-0.39, 0.29) is 0 Å². The van der Waals surface area contributed by atoms with Crippen LogP contribution in [0.4, 0.5) is 5.82 Å². The molecule has 1 atom stereocenters. The molecule has 0 aromatic carbocycles. The van der Waals surface area contributed by atoms with Crippen LogP contribution in [-0.2, 0) is 4.74 Å². The minimum Gasteiger partial charge on any atom is -0.379 e. The van der Waals surface area contributed by atoms with Crippen molar-refractivity contribution < 1.29 is 4.74 Å². The highest BCUT2D eigenvalue weighted by molar-refractivity contribution is 5.52. The number of nitriles is 1. The Morgan fingerprint density at radius 1 is 1.36 bits per heavy atom. The van der Waals surface area contributed by atoms with Crippen LogP contribution in [0, 0.1) is 11.3 Å². The van der Waals surface area contributed by atoms with Gasteiger partial charge in [0.05, 0.1) is 18.8 Å². The van der Waals surface area contributed by atoms with Crippen molar-refractivity contribution in [2.75, 3.05) is 38.2 Å². The molecule has 0 spiro atoms. The lowest BCUT2D eigenvalue weighted by Gasteiger charge is -2.34. The second-order valence-corrected chi connectivity index (χ2v) is 5.99. The topological polar surface area (TPSA) is 61.2 Å². The molecule has 0 amide bonds. The number of nitrogens with one attached hydrogen (secondary N) is 1. The molecule has 22 heavy (non-hydrogen) atoms. The van der Waals surface area contributed by atoms with E-state index in [0.717, 1.165) is 45.0 Å². The van der Waals surface area contributed by atoms with Crippen LogP contribution in [0.5, 0.6) is 0 Å². The van der Waals surface area contributed by atoms with Gasteiger partial charge in [-0.15, -0.1) is 0 Å². The van der Waals surface area contributed by atoms with Crippen LogP contribution < -0.4 is 5.32 Å². The van der Waals surface area contributed by atoms with Crippen LogP contribution in [-0.4, -0.2) is 48.8 Å². The van der Waals surface area contributed by atoms with Crippen molar-refractivity contribution in [2.24, 2.45) is 0 Å². The third-order valence-electron chi connectivity index (χ3n) is 4.17. The maximum absolute atomic E-state index is 9.26. The van der Waals surface area contributed by atoms with Gasteiger partial charge in [0.25, 0.3) is 0 Å². The summed E-state index contributed by atoms with van der Waals surface area (Å²) < 4.78 is 5.42. The van der Waals surface area contributed by atoms with Crippen LogP contribution >= 0.6 is 0 Å². The van der Waals surface area contributed by atoms with Crippen molar-refractivity contribution in [1.29, 1.82) is 5.26 Å². The SMILES string of the molecule is CC[C@H](CNc1nc(C(C)C)ccc1C#N)N1CCOCC1. The molecular weight excluding hydrogens is 276 g/mol. The van der Waals surface area contributed by atoms with E-state index in [0.29, 0.717) is 23.3 Å². The molecule has 2 rings (SSSR count). The number of morpholine rings is 1. The largest absolute Gasteiger partial charge is 0.379 e. The van der Waals surface area contributed by atoms with Crippen LogP contribution in [0.25, 0.3) is 0 Å². The van der Waals surface area contributed by atoms with E-state index in [9.17, 15) is 5.26 Å². The van der Waals surface area contributed by atoms with Gasteiger partial charge in [-0.3, -0.25) is 4.90 Å². The first kappa shape index (κ1) is 16.7. The monoisotopic (exact) mass is 302 g/mol. The Labute approximate surface area is 133 Å². The molecule has 1 N–H and O–H groups in total. The standard InChI is InChI=1S/C17H26N4O/c1-4-15(21-7-9-22-10-8-21)12-19-17-14(11-18)5-6-16(20-17)13(2)3/h5-6,13,15H,4,7-10,12H2,1-3H3,(H,19,20)/t15-/m1/s1.